The molecule has 0 aliphatic heterocycles. The van der Waals surface area contributed by atoms with Crippen molar-refractivity contribution in [3.05, 3.63) is 60.4 Å². The molecule has 3 aromatic rings. The molecule has 1 N–H and O–H groups in total. The summed E-state index contributed by atoms with van der Waals surface area (Å²) < 4.78 is 15.0. The predicted octanol–water partition coefficient (Wildman–Crippen LogP) is 1.45. The van der Waals surface area contributed by atoms with Crippen LogP contribution in [0.2, 0.25) is 0 Å². The molecule has 2 aromatic heterocycles. The number of para-hydroxylation sites is 2. The number of rotatable bonds is 3. The Balaban J connectivity index is 1.93. The molecule has 2 heterocycles. The molecule has 7 nitrogen and oxygen atoms in total. The SMILES string of the molecule is O=C(Nc1ccccc1-n1cnnn1)c1ccncc1F. The summed E-state index contributed by atoms with van der Waals surface area (Å²) in [4.78, 5) is 15.7. The van der Waals surface area contributed by atoms with E-state index < -0.39 is 11.7 Å². The molecule has 0 fully saturated rings. The van der Waals surface area contributed by atoms with Gasteiger partial charge < -0.3 is 5.32 Å². The maximum absolute atomic E-state index is 13.6. The van der Waals surface area contributed by atoms with Crippen molar-refractivity contribution >= 4 is 11.6 Å². The molecule has 3 rings (SSSR count). The molecule has 0 unspecified atom stereocenters. The van der Waals surface area contributed by atoms with Gasteiger partial charge in [-0.05, 0) is 28.6 Å². The lowest BCUT2D eigenvalue weighted by atomic mass is 10.2. The molecule has 1 amide bonds. The van der Waals surface area contributed by atoms with Crippen LogP contribution in [0.25, 0.3) is 5.69 Å². The van der Waals surface area contributed by atoms with Gasteiger partial charge in [-0.25, -0.2) is 4.39 Å². The molecular formula is C13H9FN6O. The van der Waals surface area contributed by atoms with Crippen molar-refractivity contribution in [1.82, 2.24) is 25.2 Å². The number of nitrogens with one attached hydrogen (secondary N) is 1. The number of tetrazole rings is 1. The van der Waals surface area contributed by atoms with E-state index in [-0.39, 0.29) is 5.56 Å². The molecule has 104 valence electrons. The van der Waals surface area contributed by atoms with Crippen LogP contribution in [0.15, 0.2) is 49.1 Å². The second kappa shape index (κ2) is 5.45. The second-order valence-electron chi connectivity index (χ2n) is 4.08. The third kappa shape index (κ3) is 2.59. The van der Waals surface area contributed by atoms with Gasteiger partial charge in [0.1, 0.15) is 6.33 Å². The van der Waals surface area contributed by atoms with E-state index in [1.54, 1.807) is 24.3 Å². The predicted molar refractivity (Wildman–Crippen MR) is 71.3 cm³/mol. The van der Waals surface area contributed by atoms with E-state index in [4.69, 9.17) is 0 Å². The Morgan fingerprint density at radius 2 is 2.10 bits per heavy atom. The highest BCUT2D eigenvalue weighted by molar-refractivity contribution is 6.05. The summed E-state index contributed by atoms with van der Waals surface area (Å²) in [6.45, 7) is 0. The maximum atomic E-state index is 13.6. The first kappa shape index (κ1) is 12.9. The highest BCUT2D eigenvalue weighted by Crippen LogP contribution is 2.19. The summed E-state index contributed by atoms with van der Waals surface area (Å²) >= 11 is 0. The van der Waals surface area contributed by atoms with Gasteiger partial charge in [0, 0.05) is 6.20 Å². The Morgan fingerprint density at radius 3 is 2.86 bits per heavy atom. The summed E-state index contributed by atoms with van der Waals surface area (Å²) in [6.07, 6.45) is 3.74. The quantitative estimate of drug-likeness (QED) is 0.786. The Bertz CT molecular complexity index is 774. The Hall–Kier alpha value is -3.16. The average molecular weight is 284 g/mol. The van der Waals surface area contributed by atoms with Gasteiger partial charge in [0.15, 0.2) is 5.82 Å². The molecule has 21 heavy (non-hydrogen) atoms. The van der Waals surface area contributed by atoms with Gasteiger partial charge in [0.05, 0.1) is 23.1 Å². The highest BCUT2D eigenvalue weighted by atomic mass is 19.1. The largest absolute Gasteiger partial charge is 0.320 e. The van der Waals surface area contributed by atoms with Crippen molar-refractivity contribution in [2.45, 2.75) is 0 Å². The summed E-state index contributed by atoms with van der Waals surface area (Å²) in [7, 11) is 0. The van der Waals surface area contributed by atoms with Crippen molar-refractivity contribution in [2.24, 2.45) is 0 Å². The number of amides is 1. The minimum atomic E-state index is -0.685. The first-order valence-corrected chi connectivity index (χ1v) is 5.99. The molecule has 8 heteroatoms. The molecule has 0 saturated heterocycles. The molecule has 1 aromatic carbocycles. The van der Waals surface area contributed by atoms with Crippen molar-refractivity contribution < 1.29 is 9.18 Å². The van der Waals surface area contributed by atoms with Gasteiger partial charge in [0.2, 0.25) is 0 Å². The van der Waals surface area contributed by atoms with Crippen LogP contribution in [0.5, 0.6) is 0 Å². The van der Waals surface area contributed by atoms with Gasteiger partial charge in [0.25, 0.3) is 5.91 Å². The first-order chi connectivity index (χ1) is 10.3. The number of halogens is 1. The molecule has 0 radical (unpaired) electrons. The minimum Gasteiger partial charge on any atom is -0.320 e. The van der Waals surface area contributed by atoms with E-state index >= 15 is 0 Å². The molecule has 0 atom stereocenters. The zero-order chi connectivity index (χ0) is 14.7. The number of hydrogen-bond acceptors (Lipinski definition) is 5. The number of pyridine rings is 1. The minimum absolute atomic E-state index is 0.0866. The zero-order valence-corrected chi connectivity index (χ0v) is 10.6. The molecule has 0 aliphatic rings. The lowest BCUT2D eigenvalue weighted by Crippen LogP contribution is -2.15. The van der Waals surface area contributed by atoms with E-state index in [2.05, 4.69) is 25.8 Å². The number of carbonyl (C=O) groups is 1. The highest BCUT2D eigenvalue weighted by Gasteiger charge is 2.14. The second-order valence-corrected chi connectivity index (χ2v) is 4.08. The third-order valence-electron chi connectivity index (χ3n) is 2.77. The van der Waals surface area contributed by atoms with E-state index in [1.165, 1.54) is 23.3 Å². The fourth-order valence-corrected chi connectivity index (χ4v) is 1.80. The summed E-state index contributed by atoms with van der Waals surface area (Å²) in [5.41, 5.74) is 0.952. The van der Waals surface area contributed by atoms with Gasteiger partial charge in [-0.3, -0.25) is 9.78 Å². The smallest absolute Gasteiger partial charge is 0.258 e. The zero-order valence-electron chi connectivity index (χ0n) is 10.6. The Morgan fingerprint density at radius 1 is 1.24 bits per heavy atom. The number of benzene rings is 1. The average Bonchev–Trinajstić information content (AvgIpc) is 3.02. The van der Waals surface area contributed by atoms with Crippen LogP contribution in [-0.4, -0.2) is 31.1 Å². The van der Waals surface area contributed by atoms with Gasteiger partial charge in [-0.1, -0.05) is 12.1 Å². The molecule has 0 bridgehead atoms. The van der Waals surface area contributed by atoms with Crippen LogP contribution in [-0.2, 0) is 0 Å². The number of aromatic nitrogens is 5. The summed E-state index contributed by atoms with van der Waals surface area (Å²) in [5, 5.41) is 13.5. The molecular weight excluding hydrogens is 275 g/mol. The number of hydrogen-bond donors (Lipinski definition) is 1. The van der Waals surface area contributed by atoms with Crippen LogP contribution in [0.4, 0.5) is 10.1 Å². The summed E-state index contributed by atoms with van der Waals surface area (Å²) in [5.74, 6) is -1.26. The Labute approximate surface area is 118 Å². The van der Waals surface area contributed by atoms with Crippen molar-refractivity contribution in [2.75, 3.05) is 5.32 Å². The number of carbonyl (C=O) groups excluding carboxylic acids is 1. The van der Waals surface area contributed by atoms with Crippen molar-refractivity contribution in [3.8, 4) is 5.69 Å². The molecule has 0 spiro atoms. The monoisotopic (exact) mass is 284 g/mol. The van der Waals surface area contributed by atoms with Crippen LogP contribution in [0.3, 0.4) is 0 Å². The Kier molecular flexibility index (Phi) is 3.34. The lowest BCUT2D eigenvalue weighted by Gasteiger charge is -2.10. The van der Waals surface area contributed by atoms with E-state index in [0.717, 1.165) is 6.20 Å². The number of anilines is 1. The van der Waals surface area contributed by atoms with Crippen LogP contribution < -0.4 is 5.32 Å². The standard InChI is InChI=1S/C13H9FN6O/c14-10-7-15-6-5-9(10)13(21)17-11-3-1-2-4-12(11)20-8-16-18-19-20/h1-8H,(H,17,21). The van der Waals surface area contributed by atoms with E-state index in [0.29, 0.717) is 11.4 Å². The van der Waals surface area contributed by atoms with Gasteiger partial charge in [-0.2, -0.15) is 4.68 Å². The molecule has 0 saturated carbocycles. The van der Waals surface area contributed by atoms with Crippen LogP contribution in [0, 0.1) is 5.82 Å². The van der Waals surface area contributed by atoms with Gasteiger partial charge in [-0.15, -0.1) is 5.10 Å². The topological polar surface area (TPSA) is 85.6 Å². The van der Waals surface area contributed by atoms with Crippen LogP contribution >= 0.6 is 0 Å². The summed E-state index contributed by atoms with van der Waals surface area (Å²) in [6, 6.07) is 8.24. The van der Waals surface area contributed by atoms with Crippen molar-refractivity contribution in [3.63, 3.8) is 0 Å². The van der Waals surface area contributed by atoms with E-state index in [9.17, 15) is 9.18 Å². The van der Waals surface area contributed by atoms with Crippen molar-refractivity contribution in [1.29, 1.82) is 0 Å². The van der Waals surface area contributed by atoms with Crippen LogP contribution in [0.1, 0.15) is 10.4 Å². The lowest BCUT2D eigenvalue weighted by molar-refractivity contribution is 0.102. The maximum Gasteiger partial charge on any atom is 0.258 e. The normalized spacial score (nSPS) is 10.3. The third-order valence-corrected chi connectivity index (χ3v) is 2.77. The first-order valence-electron chi connectivity index (χ1n) is 5.99. The van der Waals surface area contributed by atoms with E-state index in [1.807, 2.05) is 0 Å². The number of nitrogens with zero attached hydrogens (tertiary/aromatic N) is 5. The van der Waals surface area contributed by atoms with Gasteiger partial charge >= 0.3 is 0 Å². The fourth-order valence-electron chi connectivity index (χ4n) is 1.80. The molecule has 0 aliphatic carbocycles. The fraction of sp³-hybridized carbons (Fsp3) is 0.